The van der Waals surface area contributed by atoms with E-state index >= 15 is 0 Å². The number of nitrogens with one attached hydrogen (secondary N) is 1. The first-order chi connectivity index (χ1) is 15.4. The summed E-state index contributed by atoms with van der Waals surface area (Å²) in [5, 5.41) is 14.7. The minimum Gasteiger partial charge on any atom is -0.497 e. The van der Waals surface area contributed by atoms with Crippen molar-refractivity contribution in [2.45, 2.75) is 45.7 Å². The zero-order valence-electron chi connectivity index (χ0n) is 19.3. The Balaban J connectivity index is 1.72. The molecule has 10 heteroatoms. The molecule has 0 radical (unpaired) electrons. The first-order valence-electron chi connectivity index (χ1n) is 11.0. The monoisotopic (exact) mass is 443 g/mol. The van der Waals surface area contributed by atoms with E-state index in [0.29, 0.717) is 38.4 Å². The van der Waals surface area contributed by atoms with E-state index in [4.69, 9.17) is 4.74 Å². The van der Waals surface area contributed by atoms with Crippen LogP contribution in [0, 0.1) is 6.92 Å². The predicted molar refractivity (Wildman–Crippen MR) is 119 cm³/mol. The highest BCUT2D eigenvalue weighted by Crippen LogP contribution is 2.21. The van der Waals surface area contributed by atoms with Gasteiger partial charge < -0.3 is 15.0 Å². The van der Waals surface area contributed by atoms with Gasteiger partial charge in [-0.1, -0.05) is 12.1 Å². The molecule has 174 valence electrons. The van der Waals surface area contributed by atoms with Gasteiger partial charge >= 0.3 is 0 Å². The van der Waals surface area contributed by atoms with Gasteiger partial charge in [0.25, 0.3) is 0 Å². The molecule has 0 aliphatic carbocycles. The number of amides is 2. The van der Waals surface area contributed by atoms with Crippen LogP contribution >= 0.6 is 0 Å². The van der Waals surface area contributed by atoms with Crippen molar-refractivity contribution in [3.05, 3.63) is 35.7 Å². The van der Waals surface area contributed by atoms with Gasteiger partial charge in [0.05, 0.1) is 13.7 Å². The van der Waals surface area contributed by atoms with Gasteiger partial charge in [-0.2, -0.15) is 0 Å². The summed E-state index contributed by atoms with van der Waals surface area (Å²) >= 11 is 0. The van der Waals surface area contributed by atoms with Crippen molar-refractivity contribution < 1.29 is 14.3 Å². The normalized spacial score (nSPS) is 16.0. The van der Waals surface area contributed by atoms with Gasteiger partial charge in [0.1, 0.15) is 17.6 Å². The first kappa shape index (κ1) is 23.6. The van der Waals surface area contributed by atoms with Crippen molar-refractivity contribution in [1.29, 1.82) is 0 Å². The number of hydrogen-bond acceptors (Lipinski definition) is 7. The minimum atomic E-state index is -0.548. The Bertz CT molecular complexity index is 914. The minimum absolute atomic E-state index is 0.0139. The number of aromatic nitrogens is 4. The summed E-state index contributed by atoms with van der Waals surface area (Å²) < 4.78 is 6.93. The highest BCUT2D eigenvalue weighted by atomic mass is 16.5. The van der Waals surface area contributed by atoms with Crippen LogP contribution in [-0.4, -0.2) is 87.7 Å². The lowest BCUT2D eigenvalue weighted by Crippen LogP contribution is -2.43. The molecule has 0 unspecified atom stereocenters. The Labute approximate surface area is 188 Å². The fourth-order valence-electron chi connectivity index (χ4n) is 3.96. The van der Waals surface area contributed by atoms with Gasteiger partial charge in [0.2, 0.25) is 11.8 Å². The highest BCUT2D eigenvalue weighted by Gasteiger charge is 2.30. The molecule has 0 bridgehead atoms. The average molecular weight is 444 g/mol. The van der Waals surface area contributed by atoms with Crippen LogP contribution in [0.3, 0.4) is 0 Å². The third-order valence-corrected chi connectivity index (χ3v) is 5.52. The van der Waals surface area contributed by atoms with Crippen LogP contribution in [-0.2, 0) is 16.0 Å². The smallest absolute Gasteiger partial charge is 0.247 e. The van der Waals surface area contributed by atoms with Gasteiger partial charge in [-0.05, 0) is 55.3 Å². The standard InChI is InChI=1S/C22H33N7O3/c1-16(2)23-21(30)15-27-9-6-10-28(12-11-27)22(31)20(29-17(3)24-25-26-29)14-18-7-5-8-19(13-18)32-4/h5,7-8,13,16,20H,6,9-12,14-15H2,1-4H3,(H,23,30)/t20-/m0/s1. The molecular weight excluding hydrogens is 410 g/mol. The van der Waals surface area contributed by atoms with Gasteiger partial charge in [-0.15, -0.1) is 5.10 Å². The van der Waals surface area contributed by atoms with Crippen molar-refractivity contribution in [3.63, 3.8) is 0 Å². The van der Waals surface area contributed by atoms with Crippen LogP contribution < -0.4 is 10.1 Å². The number of methoxy groups -OCH3 is 1. The molecule has 1 aliphatic heterocycles. The number of benzene rings is 1. The molecule has 10 nitrogen and oxygen atoms in total. The van der Waals surface area contributed by atoms with E-state index in [9.17, 15) is 9.59 Å². The first-order valence-corrected chi connectivity index (χ1v) is 11.0. The molecule has 3 rings (SSSR count). The van der Waals surface area contributed by atoms with Gasteiger partial charge in [0.15, 0.2) is 0 Å². The molecule has 1 aliphatic rings. The second-order valence-corrected chi connectivity index (χ2v) is 8.42. The van der Waals surface area contributed by atoms with Crippen LogP contribution in [0.25, 0.3) is 0 Å². The Morgan fingerprint density at radius 3 is 2.69 bits per heavy atom. The maximum absolute atomic E-state index is 13.6. The molecule has 2 amide bonds. The summed E-state index contributed by atoms with van der Waals surface area (Å²) in [6.45, 7) is 8.66. The summed E-state index contributed by atoms with van der Waals surface area (Å²) in [4.78, 5) is 29.7. The van der Waals surface area contributed by atoms with Gasteiger partial charge in [-0.3, -0.25) is 14.5 Å². The van der Waals surface area contributed by atoms with E-state index in [2.05, 4.69) is 25.7 Å². The molecule has 1 fully saturated rings. The number of aryl methyl sites for hydroxylation is 1. The van der Waals surface area contributed by atoms with E-state index in [-0.39, 0.29) is 17.9 Å². The summed E-state index contributed by atoms with van der Waals surface area (Å²) in [7, 11) is 1.62. The van der Waals surface area contributed by atoms with E-state index in [1.54, 1.807) is 18.7 Å². The fraction of sp³-hybridized carbons (Fsp3) is 0.591. The number of hydrogen-bond donors (Lipinski definition) is 1. The van der Waals surface area contributed by atoms with E-state index < -0.39 is 6.04 Å². The number of nitrogens with zero attached hydrogens (tertiary/aromatic N) is 6. The largest absolute Gasteiger partial charge is 0.497 e. The highest BCUT2D eigenvalue weighted by molar-refractivity contribution is 5.81. The van der Waals surface area contributed by atoms with Crippen molar-refractivity contribution in [3.8, 4) is 5.75 Å². The average Bonchev–Trinajstić information content (AvgIpc) is 3.04. The third kappa shape index (κ3) is 6.25. The van der Waals surface area contributed by atoms with Gasteiger partial charge in [-0.25, -0.2) is 4.68 Å². The third-order valence-electron chi connectivity index (χ3n) is 5.52. The quantitative estimate of drug-likeness (QED) is 0.644. The second kappa shape index (κ2) is 11.0. The number of rotatable bonds is 8. The molecule has 1 aromatic carbocycles. The van der Waals surface area contributed by atoms with Gasteiger partial charge in [0, 0.05) is 38.6 Å². The molecule has 1 saturated heterocycles. The van der Waals surface area contributed by atoms with E-state index in [1.807, 2.05) is 43.0 Å². The number of tetrazole rings is 1. The van der Waals surface area contributed by atoms with E-state index in [0.717, 1.165) is 24.3 Å². The van der Waals surface area contributed by atoms with Crippen LogP contribution in [0.15, 0.2) is 24.3 Å². The summed E-state index contributed by atoms with van der Waals surface area (Å²) in [5.41, 5.74) is 0.972. The number of ether oxygens (including phenoxy) is 1. The van der Waals surface area contributed by atoms with Crippen LogP contribution in [0.4, 0.5) is 0 Å². The number of carbonyl (C=O) groups excluding carboxylic acids is 2. The fourth-order valence-corrected chi connectivity index (χ4v) is 3.96. The zero-order valence-corrected chi connectivity index (χ0v) is 19.3. The van der Waals surface area contributed by atoms with Crippen molar-refractivity contribution in [2.75, 3.05) is 39.8 Å². The molecule has 1 atom stereocenters. The molecular formula is C22H33N7O3. The summed E-state index contributed by atoms with van der Waals surface area (Å²) in [6.07, 6.45) is 1.26. The van der Waals surface area contributed by atoms with Crippen molar-refractivity contribution in [2.24, 2.45) is 0 Å². The molecule has 0 saturated carbocycles. The predicted octanol–water partition coefficient (Wildman–Crippen LogP) is 0.833. The lowest BCUT2D eigenvalue weighted by Gasteiger charge is -2.27. The zero-order chi connectivity index (χ0) is 23.1. The van der Waals surface area contributed by atoms with Crippen LogP contribution in [0.1, 0.15) is 37.7 Å². The van der Waals surface area contributed by atoms with E-state index in [1.165, 1.54) is 0 Å². The molecule has 1 aromatic heterocycles. The molecule has 32 heavy (non-hydrogen) atoms. The lowest BCUT2D eigenvalue weighted by atomic mass is 10.0. The lowest BCUT2D eigenvalue weighted by molar-refractivity contribution is -0.135. The Kier molecular flexibility index (Phi) is 8.15. The second-order valence-electron chi connectivity index (χ2n) is 8.42. The van der Waals surface area contributed by atoms with Crippen LogP contribution in [0.5, 0.6) is 5.75 Å². The van der Waals surface area contributed by atoms with Crippen molar-refractivity contribution in [1.82, 2.24) is 35.3 Å². The SMILES string of the molecule is COc1cccc(C[C@@H](C(=O)N2CCCN(CC(=O)NC(C)C)CC2)n2nnnc2C)c1. The number of carbonyl (C=O) groups is 2. The van der Waals surface area contributed by atoms with Crippen molar-refractivity contribution >= 4 is 11.8 Å². The topological polar surface area (TPSA) is 105 Å². The Morgan fingerprint density at radius 2 is 2.00 bits per heavy atom. The maximum atomic E-state index is 13.6. The molecule has 0 spiro atoms. The van der Waals surface area contributed by atoms with Crippen LogP contribution in [0.2, 0.25) is 0 Å². The Morgan fingerprint density at radius 1 is 1.19 bits per heavy atom. The molecule has 2 aromatic rings. The molecule has 1 N–H and O–H groups in total. The Hall–Kier alpha value is -3.01. The summed E-state index contributed by atoms with van der Waals surface area (Å²) in [5.74, 6) is 1.33. The molecule has 2 heterocycles. The maximum Gasteiger partial charge on any atom is 0.247 e. The summed E-state index contributed by atoms with van der Waals surface area (Å²) in [6, 6.07) is 7.25.